The number of carbonyl (C=O) groups is 1. The largest absolute Gasteiger partial charge is 0.365 e. The summed E-state index contributed by atoms with van der Waals surface area (Å²) >= 11 is 0. The monoisotopic (exact) mass is 297 g/mol. The van der Waals surface area contributed by atoms with Crippen molar-refractivity contribution >= 4 is 5.91 Å². The molecule has 6 nitrogen and oxygen atoms in total. The van der Waals surface area contributed by atoms with Crippen molar-refractivity contribution in [2.45, 2.75) is 13.6 Å². The zero-order valence-electron chi connectivity index (χ0n) is 12.0. The van der Waals surface area contributed by atoms with Gasteiger partial charge in [0, 0.05) is 25.0 Å². The normalized spacial score (nSPS) is 10.6. The zero-order chi connectivity index (χ0) is 15.5. The molecule has 0 aliphatic carbocycles. The predicted octanol–water partition coefficient (Wildman–Crippen LogP) is 1.99. The van der Waals surface area contributed by atoms with Crippen molar-refractivity contribution in [2.75, 3.05) is 0 Å². The highest BCUT2D eigenvalue weighted by Crippen LogP contribution is 2.18. The summed E-state index contributed by atoms with van der Waals surface area (Å²) in [4.78, 5) is 22.8. The fourth-order valence-electron chi connectivity index (χ4n) is 2.16. The molecule has 0 saturated carbocycles. The van der Waals surface area contributed by atoms with Gasteiger partial charge in [-0.2, -0.15) is 4.74 Å². The molecule has 3 aromatic rings. The highest BCUT2D eigenvalue weighted by molar-refractivity contribution is 5.72. The number of rotatable bonds is 4. The summed E-state index contributed by atoms with van der Waals surface area (Å²) in [6.07, 6.45) is 5.49. The number of benzene rings is 1. The summed E-state index contributed by atoms with van der Waals surface area (Å²) in [6, 6.07) is 11.5. The van der Waals surface area contributed by atoms with Gasteiger partial charge in [0.05, 0.1) is 11.8 Å². The van der Waals surface area contributed by atoms with Crippen LogP contribution in [0.15, 0.2) is 64.3 Å². The van der Waals surface area contributed by atoms with Crippen LogP contribution in [0.2, 0.25) is 0 Å². The molecule has 0 spiro atoms. The van der Waals surface area contributed by atoms with E-state index < -0.39 is 5.63 Å². The quantitative estimate of drug-likeness (QED) is 0.800. The molecule has 0 aliphatic heterocycles. The first-order valence-electron chi connectivity index (χ1n) is 6.82. The van der Waals surface area contributed by atoms with E-state index in [1.165, 1.54) is 11.7 Å². The molecule has 0 aliphatic rings. The molecule has 0 unspecified atom stereocenters. The van der Waals surface area contributed by atoms with Crippen molar-refractivity contribution < 1.29 is 9.32 Å². The third-order valence-corrected chi connectivity index (χ3v) is 3.26. The standard InChI is InChI=1S/C16H15N3O3/c1-12(20)17-11-19-10-15(16(21)22-19)13-4-6-14(7-5-13)18-8-2-3-9-18/h2-10H,11H2,1H3,(H,17,20). The topological polar surface area (TPSA) is 69.2 Å². The average Bonchev–Trinajstić information content (AvgIpc) is 3.15. The van der Waals surface area contributed by atoms with Gasteiger partial charge in [-0.1, -0.05) is 12.1 Å². The Balaban J connectivity index is 1.85. The van der Waals surface area contributed by atoms with Gasteiger partial charge in [-0.25, -0.2) is 4.79 Å². The number of nitrogens with zero attached hydrogens (tertiary/aromatic N) is 2. The summed E-state index contributed by atoms with van der Waals surface area (Å²) in [6.45, 7) is 1.54. The molecule has 2 aromatic heterocycles. The van der Waals surface area contributed by atoms with Gasteiger partial charge in [0.1, 0.15) is 6.67 Å². The molecule has 1 aromatic carbocycles. The molecule has 3 rings (SSSR count). The SMILES string of the molecule is CC(=O)NCn1cc(-c2ccc(-n3cccc3)cc2)c(=O)o1. The lowest BCUT2D eigenvalue weighted by molar-refractivity contribution is -0.119. The van der Waals surface area contributed by atoms with E-state index in [-0.39, 0.29) is 12.6 Å². The minimum absolute atomic E-state index is 0.131. The molecule has 2 heterocycles. The maximum atomic E-state index is 11.9. The second kappa shape index (κ2) is 5.77. The third-order valence-electron chi connectivity index (χ3n) is 3.26. The van der Waals surface area contributed by atoms with Crippen LogP contribution in [0.3, 0.4) is 0 Å². The van der Waals surface area contributed by atoms with E-state index in [2.05, 4.69) is 5.32 Å². The minimum atomic E-state index is -0.431. The van der Waals surface area contributed by atoms with Crippen LogP contribution in [0.5, 0.6) is 0 Å². The highest BCUT2D eigenvalue weighted by atomic mass is 16.5. The Labute approximate surface area is 126 Å². The lowest BCUT2D eigenvalue weighted by Gasteiger charge is -2.03. The van der Waals surface area contributed by atoms with Crippen molar-refractivity contribution in [1.82, 2.24) is 14.6 Å². The summed E-state index contributed by atoms with van der Waals surface area (Å²) in [7, 11) is 0. The van der Waals surface area contributed by atoms with Crippen LogP contribution in [0.25, 0.3) is 16.8 Å². The maximum Gasteiger partial charge on any atom is 0.365 e. The summed E-state index contributed by atoms with van der Waals surface area (Å²) in [5, 5.41) is 2.57. The Bertz CT molecular complexity index is 826. The van der Waals surface area contributed by atoms with Gasteiger partial charge < -0.3 is 14.4 Å². The van der Waals surface area contributed by atoms with Gasteiger partial charge in [-0.15, -0.1) is 0 Å². The van der Waals surface area contributed by atoms with Gasteiger partial charge >= 0.3 is 5.63 Å². The van der Waals surface area contributed by atoms with Gasteiger partial charge in [0.15, 0.2) is 0 Å². The second-order valence-electron chi connectivity index (χ2n) is 4.87. The lowest BCUT2D eigenvalue weighted by atomic mass is 10.1. The summed E-state index contributed by atoms with van der Waals surface area (Å²) < 4.78 is 8.35. The molecule has 0 bridgehead atoms. The number of hydrogen-bond donors (Lipinski definition) is 1. The molecule has 0 atom stereocenters. The fourth-order valence-corrected chi connectivity index (χ4v) is 2.16. The molecular formula is C16H15N3O3. The molecule has 0 saturated heterocycles. The van der Waals surface area contributed by atoms with Crippen molar-refractivity contribution in [1.29, 1.82) is 0 Å². The van der Waals surface area contributed by atoms with E-state index in [9.17, 15) is 9.59 Å². The van der Waals surface area contributed by atoms with Gasteiger partial charge in [0.2, 0.25) is 5.91 Å². The van der Waals surface area contributed by atoms with Crippen LogP contribution >= 0.6 is 0 Å². The number of aromatic nitrogens is 2. The van der Waals surface area contributed by atoms with E-state index in [1.807, 2.05) is 53.4 Å². The van der Waals surface area contributed by atoms with Crippen LogP contribution in [0.1, 0.15) is 6.92 Å². The van der Waals surface area contributed by atoms with Crippen molar-refractivity contribution in [3.63, 3.8) is 0 Å². The van der Waals surface area contributed by atoms with Crippen molar-refractivity contribution in [3.05, 3.63) is 65.4 Å². The van der Waals surface area contributed by atoms with Crippen molar-refractivity contribution in [3.8, 4) is 16.8 Å². The maximum absolute atomic E-state index is 11.9. The van der Waals surface area contributed by atoms with Crippen LogP contribution in [-0.2, 0) is 11.5 Å². The summed E-state index contributed by atoms with van der Waals surface area (Å²) in [5.74, 6) is -0.186. The number of nitrogens with one attached hydrogen (secondary N) is 1. The Morgan fingerprint density at radius 1 is 1.18 bits per heavy atom. The molecule has 1 N–H and O–H groups in total. The first-order valence-corrected chi connectivity index (χ1v) is 6.82. The van der Waals surface area contributed by atoms with Crippen molar-refractivity contribution in [2.24, 2.45) is 0 Å². The molecule has 22 heavy (non-hydrogen) atoms. The average molecular weight is 297 g/mol. The van der Waals surface area contributed by atoms with E-state index >= 15 is 0 Å². The van der Waals surface area contributed by atoms with Crippen LogP contribution in [0, 0.1) is 0 Å². The first kappa shape index (κ1) is 13.9. The molecule has 6 heteroatoms. The predicted molar refractivity (Wildman–Crippen MR) is 81.5 cm³/mol. The van der Waals surface area contributed by atoms with Gasteiger partial charge in [-0.05, 0) is 29.8 Å². The molecule has 0 fully saturated rings. The third kappa shape index (κ3) is 2.85. The number of amides is 1. The van der Waals surface area contributed by atoms with Crippen LogP contribution in [-0.4, -0.2) is 15.2 Å². The number of carbonyl (C=O) groups excluding carboxylic acids is 1. The lowest BCUT2D eigenvalue weighted by Crippen LogP contribution is -2.22. The summed E-state index contributed by atoms with van der Waals surface area (Å²) in [5.41, 5.74) is 1.81. The smallest absolute Gasteiger partial charge is 0.336 e. The molecular weight excluding hydrogens is 282 g/mol. The van der Waals surface area contributed by atoms with Gasteiger partial charge in [0.25, 0.3) is 0 Å². The Morgan fingerprint density at radius 3 is 2.50 bits per heavy atom. The van der Waals surface area contributed by atoms with E-state index in [0.717, 1.165) is 11.3 Å². The minimum Gasteiger partial charge on any atom is -0.336 e. The Morgan fingerprint density at radius 2 is 1.86 bits per heavy atom. The van der Waals surface area contributed by atoms with E-state index in [4.69, 9.17) is 4.52 Å². The fraction of sp³-hybridized carbons (Fsp3) is 0.125. The molecule has 0 radical (unpaired) electrons. The molecule has 1 amide bonds. The molecule has 112 valence electrons. The zero-order valence-corrected chi connectivity index (χ0v) is 12.0. The van der Waals surface area contributed by atoms with E-state index in [0.29, 0.717) is 5.56 Å². The second-order valence-corrected chi connectivity index (χ2v) is 4.87. The van der Waals surface area contributed by atoms with Crippen LogP contribution in [0.4, 0.5) is 0 Å². The highest BCUT2D eigenvalue weighted by Gasteiger charge is 2.09. The van der Waals surface area contributed by atoms with Gasteiger partial charge in [-0.3, -0.25) is 4.79 Å². The van der Waals surface area contributed by atoms with Crippen LogP contribution < -0.4 is 10.9 Å². The Kier molecular flexibility index (Phi) is 3.65. The first-order chi connectivity index (χ1) is 10.6. The van der Waals surface area contributed by atoms with E-state index in [1.54, 1.807) is 6.20 Å². The number of hydrogen-bond acceptors (Lipinski definition) is 3. The Hall–Kier alpha value is -3.02.